The van der Waals surface area contributed by atoms with Crippen molar-refractivity contribution in [3.05, 3.63) is 45.4 Å². The van der Waals surface area contributed by atoms with Gasteiger partial charge in [-0.15, -0.1) is 11.3 Å². The van der Waals surface area contributed by atoms with Crippen LogP contribution in [0.25, 0.3) is 0 Å². The molecule has 0 spiro atoms. The van der Waals surface area contributed by atoms with Crippen LogP contribution in [0.1, 0.15) is 39.3 Å². The van der Waals surface area contributed by atoms with E-state index >= 15 is 0 Å². The first-order chi connectivity index (χ1) is 12.9. The minimum atomic E-state index is -0.405. The predicted molar refractivity (Wildman–Crippen MR) is 105 cm³/mol. The van der Waals surface area contributed by atoms with Gasteiger partial charge in [-0.3, -0.25) is 14.6 Å². The van der Waals surface area contributed by atoms with Crippen LogP contribution in [0.15, 0.2) is 23.7 Å². The molecule has 0 saturated carbocycles. The van der Waals surface area contributed by atoms with Gasteiger partial charge < -0.3 is 14.5 Å². The van der Waals surface area contributed by atoms with Crippen molar-refractivity contribution in [3.63, 3.8) is 0 Å². The molecule has 0 N–H and O–H groups in total. The van der Waals surface area contributed by atoms with E-state index in [1.165, 1.54) is 11.3 Å². The van der Waals surface area contributed by atoms with Crippen molar-refractivity contribution in [2.75, 3.05) is 20.7 Å². The topological polar surface area (TPSA) is 62.7 Å². The summed E-state index contributed by atoms with van der Waals surface area (Å²) in [5.74, 6) is 0.704. The average Bonchev–Trinajstić information content (AvgIpc) is 3.35. The Hall–Kier alpha value is -2.41. The highest BCUT2D eigenvalue weighted by Crippen LogP contribution is 2.26. The Morgan fingerprint density at radius 2 is 2.19 bits per heavy atom. The van der Waals surface area contributed by atoms with Gasteiger partial charge in [-0.25, -0.2) is 0 Å². The fourth-order valence-electron chi connectivity index (χ4n) is 3.60. The van der Waals surface area contributed by atoms with Crippen molar-refractivity contribution in [2.45, 2.75) is 39.3 Å². The fraction of sp³-hybridized carbons (Fsp3) is 0.450. The minimum Gasteiger partial charge on any atom is -0.496 e. The summed E-state index contributed by atoms with van der Waals surface area (Å²) in [6.07, 6.45) is 3.31. The Balaban J connectivity index is 1.74. The Bertz CT molecular complexity index is 835. The Morgan fingerprint density at radius 3 is 2.85 bits per heavy atom. The molecule has 2 aromatic heterocycles. The van der Waals surface area contributed by atoms with Gasteiger partial charge in [-0.05, 0) is 38.1 Å². The summed E-state index contributed by atoms with van der Waals surface area (Å²) in [4.78, 5) is 34.3. The third kappa shape index (κ3) is 3.83. The lowest BCUT2D eigenvalue weighted by molar-refractivity contribution is -0.134. The van der Waals surface area contributed by atoms with E-state index in [0.29, 0.717) is 24.4 Å². The molecule has 6 nitrogen and oxygen atoms in total. The molecular weight excluding hydrogens is 362 g/mol. The molecule has 1 aliphatic rings. The zero-order valence-electron chi connectivity index (χ0n) is 16.2. The first-order valence-corrected chi connectivity index (χ1v) is 9.90. The zero-order chi connectivity index (χ0) is 19.6. The van der Waals surface area contributed by atoms with Crippen molar-refractivity contribution < 1.29 is 14.3 Å². The SMILES string of the molecule is COc1c(C)cnc(CN(C)C(=O)[C@@H]2CCCN2C(=O)c2cccs2)c1C. The zero-order valence-corrected chi connectivity index (χ0v) is 17.0. The van der Waals surface area contributed by atoms with E-state index in [0.717, 1.165) is 29.0 Å². The van der Waals surface area contributed by atoms with Gasteiger partial charge in [0.1, 0.15) is 11.8 Å². The number of methoxy groups -OCH3 is 1. The second-order valence-corrected chi connectivity index (χ2v) is 7.82. The number of hydrogen-bond donors (Lipinski definition) is 0. The number of carbonyl (C=O) groups is 2. The highest BCUT2D eigenvalue weighted by Gasteiger charge is 2.36. The highest BCUT2D eigenvalue weighted by molar-refractivity contribution is 7.12. The van der Waals surface area contributed by atoms with Gasteiger partial charge in [-0.2, -0.15) is 0 Å². The van der Waals surface area contributed by atoms with Crippen LogP contribution in [0.4, 0.5) is 0 Å². The monoisotopic (exact) mass is 387 g/mol. The molecule has 1 atom stereocenters. The number of aromatic nitrogens is 1. The van der Waals surface area contributed by atoms with Gasteiger partial charge in [0.05, 0.1) is 24.2 Å². The van der Waals surface area contributed by atoms with Crippen molar-refractivity contribution >= 4 is 23.2 Å². The first-order valence-electron chi connectivity index (χ1n) is 9.02. The Kier molecular flexibility index (Phi) is 5.79. The number of hydrogen-bond acceptors (Lipinski definition) is 5. The molecule has 2 amide bonds. The normalized spacial score (nSPS) is 16.4. The molecule has 0 unspecified atom stereocenters. The minimum absolute atomic E-state index is 0.0434. The molecule has 1 fully saturated rings. The van der Waals surface area contributed by atoms with Crippen LogP contribution in [0, 0.1) is 13.8 Å². The number of carbonyl (C=O) groups excluding carboxylic acids is 2. The van der Waals surface area contributed by atoms with Gasteiger partial charge >= 0.3 is 0 Å². The van der Waals surface area contributed by atoms with E-state index in [2.05, 4.69) is 4.98 Å². The van der Waals surface area contributed by atoms with Crippen molar-refractivity contribution in [2.24, 2.45) is 0 Å². The second kappa shape index (κ2) is 8.08. The third-order valence-electron chi connectivity index (χ3n) is 5.04. The van der Waals surface area contributed by atoms with Gasteiger partial charge in [0, 0.05) is 30.9 Å². The molecule has 27 heavy (non-hydrogen) atoms. The van der Waals surface area contributed by atoms with Gasteiger partial charge in [-0.1, -0.05) is 6.07 Å². The summed E-state index contributed by atoms with van der Waals surface area (Å²) in [6, 6.07) is 3.26. The number of pyridine rings is 1. The summed E-state index contributed by atoms with van der Waals surface area (Å²) in [5, 5.41) is 1.88. The molecule has 0 radical (unpaired) electrons. The second-order valence-electron chi connectivity index (χ2n) is 6.87. The summed E-state index contributed by atoms with van der Waals surface area (Å²) in [6.45, 7) is 4.91. The highest BCUT2D eigenvalue weighted by atomic mass is 32.1. The molecule has 0 bridgehead atoms. The Labute approximate surface area is 163 Å². The van der Waals surface area contributed by atoms with Crippen LogP contribution in [0.2, 0.25) is 0 Å². The maximum Gasteiger partial charge on any atom is 0.264 e. The lowest BCUT2D eigenvalue weighted by Gasteiger charge is -2.28. The lowest BCUT2D eigenvalue weighted by Crippen LogP contribution is -2.46. The standard InChI is InChI=1S/C20H25N3O3S/c1-13-11-21-15(14(2)18(13)26-4)12-22(3)19(24)16-7-5-9-23(16)20(25)17-8-6-10-27-17/h6,8,10-11,16H,5,7,9,12H2,1-4H3/t16-/m0/s1. The summed E-state index contributed by atoms with van der Waals surface area (Å²) in [5.41, 5.74) is 2.72. The lowest BCUT2D eigenvalue weighted by atomic mass is 10.1. The van der Waals surface area contributed by atoms with Crippen LogP contribution in [-0.4, -0.2) is 53.3 Å². The summed E-state index contributed by atoms with van der Waals surface area (Å²) in [7, 11) is 3.41. The van der Waals surface area contributed by atoms with Crippen molar-refractivity contribution in [1.82, 2.24) is 14.8 Å². The summed E-state index contributed by atoms with van der Waals surface area (Å²) < 4.78 is 5.45. The van der Waals surface area contributed by atoms with E-state index in [1.807, 2.05) is 31.4 Å². The molecular formula is C20H25N3O3S. The third-order valence-corrected chi connectivity index (χ3v) is 5.90. The average molecular weight is 388 g/mol. The van der Waals surface area contributed by atoms with E-state index in [4.69, 9.17) is 4.74 Å². The first kappa shape index (κ1) is 19.4. The molecule has 0 aliphatic carbocycles. The number of amides is 2. The molecule has 0 aromatic carbocycles. The van der Waals surface area contributed by atoms with Crippen molar-refractivity contribution in [3.8, 4) is 5.75 Å². The molecule has 3 heterocycles. The molecule has 2 aromatic rings. The number of likely N-dealkylation sites (tertiary alicyclic amines) is 1. The smallest absolute Gasteiger partial charge is 0.264 e. The van der Waals surface area contributed by atoms with E-state index < -0.39 is 6.04 Å². The van der Waals surface area contributed by atoms with Gasteiger partial charge in [0.15, 0.2) is 0 Å². The predicted octanol–water partition coefficient (Wildman–Crippen LogP) is 3.03. The Morgan fingerprint density at radius 1 is 1.41 bits per heavy atom. The van der Waals surface area contributed by atoms with Gasteiger partial charge in [0.25, 0.3) is 5.91 Å². The van der Waals surface area contributed by atoms with Crippen molar-refractivity contribution in [1.29, 1.82) is 0 Å². The number of ether oxygens (including phenoxy) is 1. The molecule has 1 saturated heterocycles. The maximum absolute atomic E-state index is 13.0. The number of thiophene rings is 1. The molecule has 144 valence electrons. The van der Waals surface area contributed by atoms with Crippen LogP contribution >= 0.6 is 11.3 Å². The molecule has 3 rings (SSSR count). The van der Waals surface area contributed by atoms with Crippen LogP contribution in [-0.2, 0) is 11.3 Å². The van der Waals surface area contributed by atoms with E-state index in [-0.39, 0.29) is 11.8 Å². The molecule has 7 heteroatoms. The van der Waals surface area contributed by atoms with Crippen LogP contribution in [0.3, 0.4) is 0 Å². The summed E-state index contributed by atoms with van der Waals surface area (Å²) >= 11 is 1.41. The van der Waals surface area contributed by atoms with E-state index in [9.17, 15) is 9.59 Å². The number of aryl methyl sites for hydroxylation is 1. The van der Waals surface area contributed by atoms with E-state index in [1.54, 1.807) is 30.2 Å². The van der Waals surface area contributed by atoms with Crippen LogP contribution < -0.4 is 4.74 Å². The fourth-order valence-corrected chi connectivity index (χ4v) is 4.27. The number of rotatable bonds is 5. The molecule has 1 aliphatic heterocycles. The number of nitrogens with zero attached hydrogens (tertiary/aromatic N) is 3. The van der Waals surface area contributed by atoms with Gasteiger partial charge in [0.2, 0.25) is 5.91 Å². The largest absolute Gasteiger partial charge is 0.496 e. The maximum atomic E-state index is 13.0. The van der Waals surface area contributed by atoms with Crippen LogP contribution in [0.5, 0.6) is 5.75 Å². The quantitative estimate of drug-likeness (QED) is 0.791. The number of likely N-dealkylation sites (N-methyl/N-ethyl adjacent to an activating group) is 1.